The van der Waals surface area contributed by atoms with Crippen molar-refractivity contribution in [3.8, 4) is 5.75 Å². The van der Waals surface area contributed by atoms with E-state index in [2.05, 4.69) is 15.9 Å². The quantitative estimate of drug-likeness (QED) is 0.775. The van der Waals surface area contributed by atoms with Gasteiger partial charge in [0, 0.05) is 10.0 Å². The Morgan fingerprint density at radius 1 is 1.36 bits per heavy atom. The number of rotatable bonds is 1. The molecule has 1 N–H and O–H groups in total. The van der Waals surface area contributed by atoms with E-state index >= 15 is 0 Å². The van der Waals surface area contributed by atoms with Crippen molar-refractivity contribution in [3.63, 3.8) is 0 Å². The zero-order valence-corrected chi connectivity index (χ0v) is 6.98. The van der Waals surface area contributed by atoms with Crippen molar-refractivity contribution in [2.75, 3.05) is 0 Å². The smallest absolute Gasteiger partial charge is 0.265 e. The molecule has 0 aliphatic heterocycles. The molecule has 0 radical (unpaired) electrons. The van der Waals surface area contributed by atoms with Gasteiger partial charge < -0.3 is 5.11 Å². The lowest BCUT2D eigenvalue weighted by Gasteiger charge is -2.02. The summed E-state index contributed by atoms with van der Waals surface area (Å²) in [5, 5.41) is 8.83. The summed E-state index contributed by atoms with van der Waals surface area (Å²) in [7, 11) is 0. The second-order valence-electron chi connectivity index (χ2n) is 2.01. The third-order valence-corrected chi connectivity index (χ3v) is 1.94. The highest BCUT2D eigenvalue weighted by molar-refractivity contribution is 9.10. The Bertz CT molecular complexity index is 263. The van der Waals surface area contributed by atoms with Crippen LogP contribution in [0.4, 0.5) is 8.78 Å². The molecule has 0 aliphatic carbocycles. The lowest BCUT2D eigenvalue weighted by molar-refractivity contribution is 0.150. The van der Waals surface area contributed by atoms with E-state index in [0.29, 0.717) is 4.47 Å². The lowest BCUT2D eigenvalue weighted by atomic mass is 10.2. The Kier molecular flexibility index (Phi) is 2.44. The van der Waals surface area contributed by atoms with Gasteiger partial charge in [-0.25, -0.2) is 8.78 Å². The van der Waals surface area contributed by atoms with Crippen LogP contribution in [0.2, 0.25) is 0 Å². The van der Waals surface area contributed by atoms with Crippen LogP contribution in [0.1, 0.15) is 12.0 Å². The number of benzene rings is 1. The number of alkyl halides is 2. The predicted molar refractivity (Wildman–Crippen MR) is 40.8 cm³/mol. The fourth-order valence-corrected chi connectivity index (χ4v) is 1.12. The van der Waals surface area contributed by atoms with Gasteiger partial charge in [-0.15, -0.1) is 0 Å². The molecule has 0 amide bonds. The van der Waals surface area contributed by atoms with E-state index in [0.717, 1.165) is 6.07 Å². The molecule has 0 saturated heterocycles. The van der Waals surface area contributed by atoms with E-state index < -0.39 is 6.43 Å². The van der Waals surface area contributed by atoms with Crippen LogP contribution in [0.3, 0.4) is 0 Å². The van der Waals surface area contributed by atoms with Crippen LogP contribution >= 0.6 is 15.9 Å². The van der Waals surface area contributed by atoms with Gasteiger partial charge in [-0.05, 0) is 18.2 Å². The first-order valence-corrected chi connectivity index (χ1v) is 3.67. The normalized spacial score (nSPS) is 10.5. The topological polar surface area (TPSA) is 20.2 Å². The van der Waals surface area contributed by atoms with Gasteiger partial charge in [-0.2, -0.15) is 0 Å². The molecule has 0 atom stereocenters. The van der Waals surface area contributed by atoms with Crippen LogP contribution in [0.5, 0.6) is 5.75 Å². The first-order chi connectivity index (χ1) is 5.11. The molecule has 0 aromatic heterocycles. The fourth-order valence-electron chi connectivity index (χ4n) is 0.698. The Morgan fingerprint density at radius 3 is 2.45 bits per heavy atom. The van der Waals surface area contributed by atoms with Crippen molar-refractivity contribution in [2.45, 2.75) is 6.43 Å². The van der Waals surface area contributed by atoms with E-state index in [1.165, 1.54) is 12.1 Å². The van der Waals surface area contributed by atoms with Crippen molar-refractivity contribution in [3.05, 3.63) is 28.2 Å². The van der Waals surface area contributed by atoms with E-state index in [9.17, 15) is 8.78 Å². The summed E-state index contributed by atoms with van der Waals surface area (Å²) in [6.45, 7) is 0. The Morgan fingerprint density at radius 2 is 2.00 bits per heavy atom. The number of hydrogen-bond acceptors (Lipinski definition) is 1. The average molecular weight is 223 g/mol. The summed E-state index contributed by atoms with van der Waals surface area (Å²) >= 11 is 2.94. The number of phenolic OH excluding ortho intramolecular Hbond substituents is 1. The zero-order chi connectivity index (χ0) is 8.43. The van der Waals surface area contributed by atoms with Crippen molar-refractivity contribution in [1.82, 2.24) is 0 Å². The number of hydrogen-bond donors (Lipinski definition) is 1. The SMILES string of the molecule is Oc1ccc(Br)c(C(F)F)c1. The molecule has 1 rings (SSSR count). The van der Waals surface area contributed by atoms with Gasteiger partial charge in [0.2, 0.25) is 0 Å². The molecule has 0 unspecified atom stereocenters. The van der Waals surface area contributed by atoms with Crippen LogP contribution < -0.4 is 0 Å². The standard InChI is InChI=1S/C7H5BrF2O/c8-6-2-1-4(11)3-5(6)7(9)10/h1-3,7,11H. The monoisotopic (exact) mass is 222 g/mol. The minimum atomic E-state index is -2.56. The molecular weight excluding hydrogens is 218 g/mol. The average Bonchev–Trinajstić information content (AvgIpc) is 1.94. The van der Waals surface area contributed by atoms with Crippen molar-refractivity contribution in [2.24, 2.45) is 0 Å². The van der Waals surface area contributed by atoms with Crippen molar-refractivity contribution in [1.29, 1.82) is 0 Å². The summed E-state index contributed by atoms with van der Waals surface area (Å²) in [6.07, 6.45) is -2.56. The largest absolute Gasteiger partial charge is 0.508 e. The van der Waals surface area contributed by atoms with Gasteiger partial charge in [-0.1, -0.05) is 15.9 Å². The molecule has 0 fully saturated rings. The molecule has 0 saturated carbocycles. The predicted octanol–water partition coefficient (Wildman–Crippen LogP) is 3.09. The van der Waals surface area contributed by atoms with Crippen LogP contribution in [-0.2, 0) is 0 Å². The van der Waals surface area contributed by atoms with Crippen LogP contribution in [0, 0.1) is 0 Å². The summed E-state index contributed by atoms with van der Waals surface area (Å²) < 4.78 is 24.4. The molecule has 0 aliphatic rings. The molecule has 0 heterocycles. The van der Waals surface area contributed by atoms with Gasteiger partial charge in [0.25, 0.3) is 6.43 Å². The molecule has 11 heavy (non-hydrogen) atoms. The third-order valence-electron chi connectivity index (χ3n) is 1.21. The van der Waals surface area contributed by atoms with E-state index in [1.807, 2.05) is 0 Å². The van der Waals surface area contributed by atoms with E-state index in [4.69, 9.17) is 5.11 Å². The van der Waals surface area contributed by atoms with Gasteiger partial charge in [0.05, 0.1) is 0 Å². The Labute approximate surface area is 70.8 Å². The lowest BCUT2D eigenvalue weighted by Crippen LogP contribution is -1.84. The zero-order valence-electron chi connectivity index (χ0n) is 5.39. The van der Waals surface area contributed by atoms with Crippen LogP contribution in [0.25, 0.3) is 0 Å². The van der Waals surface area contributed by atoms with Gasteiger partial charge in [-0.3, -0.25) is 0 Å². The molecule has 1 aromatic rings. The summed E-state index contributed by atoms with van der Waals surface area (Å²) in [5.41, 5.74) is -0.190. The van der Waals surface area contributed by atoms with Gasteiger partial charge >= 0.3 is 0 Å². The first kappa shape index (κ1) is 8.46. The van der Waals surface area contributed by atoms with Crippen molar-refractivity contribution < 1.29 is 13.9 Å². The summed E-state index contributed by atoms with van der Waals surface area (Å²) in [6, 6.07) is 3.77. The van der Waals surface area contributed by atoms with Crippen LogP contribution in [0.15, 0.2) is 22.7 Å². The maximum Gasteiger partial charge on any atom is 0.265 e. The third kappa shape index (κ3) is 1.89. The summed E-state index contributed by atoms with van der Waals surface area (Å²) in [5.74, 6) is -0.150. The molecule has 0 bridgehead atoms. The Hall–Kier alpha value is -0.640. The highest BCUT2D eigenvalue weighted by Gasteiger charge is 2.11. The highest BCUT2D eigenvalue weighted by atomic mass is 79.9. The number of aromatic hydroxyl groups is 1. The van der Waals surface area contributed by atoms with Gasteiger partial charge in [0.1, 0.15) is 5.75 Å². The second kappa shape index (κ2) is 3.17. The minimum Gasteiger partial charge on any atom is -0.508 e. The van der Waals surface area contributed by atoms with E-state index in [-0.39, 0.29) is 11.3 Å². The van der Waals surface area contributed by atoms with Crippen LogP contribution in [-0.4, -0.2) is 5.11 Å². The molecule has 0 spiro atoms. The highest BCUT2D eigenvalue weighted by Crippen LogP contribution is 2.29. The van der Waals surface area contributed by atoms with Crippen molar-refractivity contribution >= 4 is 15.9 Å². The van der Waals surface area contributed by atoms with E-state index in [1.54, 1.807) is 0 Å². The molecule has 60 valence electrons. The minimum absolute atomic E-state index is 0.150. The number of phenols is 1. The Balaban J connectivity index is 3.13. The number of halogens is 3. The second-order valence-corrected chi connectivity index (χ2v) is 2.86. The maximum absolute atomic E-state index is 12.1. The fraction of sp³-hybridized carbons (Fsp3) is 0.143. The molecular formula is C7H5BrF2O. The molecule has 1 aromatic carbocycles. The van der Waals surface area contributed by atoms with Gasteiger partial charge in [0.15, 0.2) is 0 Å². The molecule has 1 nitrogen and oxygen atoms in total. The molecule has 4 heteroatoms. The summed E-state index contributed by atoms with van der Waals surface area (Å²) in [4.78, 5) is 0. The first-order valence-electron chi connectivity index (χ1n) is 2.88. The maximum atomic E-state index is 12.1.